The number of hydrogen-bond donors (Lipinski definition) is 1. The quantitative estimate of drug-likeness (QED) is 0.793. The summed E-state index contributed by atoms with van der Waals surface area (Å²) in [5.74, 6) is 0.341. The minimum Gasteiger partial charge on any atom is -0.321 e. The van der Waals surface area contributed by atoms with Gasteiger partial charge in [0.05, 0.1) is 23.5 Å². The van der Waals surface area contributed by atoms with E-state index in [0.717, 1.165) is 0 Å². The van der Waals surface area contributed by atoms with Crippen LogP contribution in [-0.4, -0.2) is 25.7 Å². The molecule has 1 N–H and O–H groups in total. The lowest BCUT2D eigenvalue weighted by molar-refractivity contribution is 0.102. The van der Waals surface area contributed by atoms with E-state index in [4.69, 9.17) is 5.26 Å². The fourth-order valence-corrected chi connectivity index (χ4v) is 1.82. The number of aromatic nitrogens is 4. The van der Waals surface area contributed by atoms with Crippen LogP contribution in [0.1, 0.15) is 15.9 Å². The number of nitriles is 1. The highest BCUT2D eigenvalue weighted by Crippen LogP contribution is 2.11. The van der Waals surface area contributed by atoms with Gasteiger partial charge in [0.15, 0.2) is 5.82 Å². The van der Waals surface area contributed by atoms with Crippen LogP contribution in [0.5, 0.6) is 0 Å². The second kappa shape index (κ2) is 5.85. The third-order valence-electron chi connectivity index (χ3n) is 2.94. The van der Waals surface area contributed by atoms with Crippen molar-refractivity contribution in [1.29, 1.82) is 5.26 Å². The van der Waals surface area contributed by atoms with Gasteiger partial charge in [-0.2, -0.15) is 10.4 Å². The van der Waals surface area contributed by atoms with Gasteiger partial charge in [-0.3, -0.25) is 4.79 Å². The molecule has 0 aliphatic heterocycles. The highest BCUT2D eigenvalue weighted by atomic mass is 16.1. The van der Waals surface area contributed by atoms with Gasteiger partial charge in [0.25, 0.3) is 5.91 Å². The molecule has 0 bridgehead atoms. The maximum atomic E-state index is 12.1. The zero-order valence-electron chi connectivity index (χ0n) is 11.3. The second-order valence-corrected chi connectivity index (χ2v) is 4.39. The number of nitrogens with one attached hydrogen (secondary N) is 1. The smallest absolute Gasteiger partial charge is 0.255 e. The molecule has 0 spiro atoms. The molecular weight excluding hydrogens is 280 g/mol. The van der Waals surface area contributed by atoms with E-state index in [1.807, 2.05) is 6.07 Å². The van der Waals surface area contributed by atoms with E-state index >= 15 is 0 Å². The zero-order valence-corrected chi connectivity index (χ0v) is 11.3. The Morgan fingerprint density at radius 1 is 1.18 bits per heavy atom. The van der Waals surface area contributed by atoms with Crippen LogP contribution in [0.15, 0.2) is 55.2 Å². The van der Waals surface area contributed by atoms with E-state index in [9.17, 15) is 4.79 Å². The zero-order chi connectivity index (χ0) is 15.4. The molecule has 1 amide bonds. The topological polar surface area (TPSA) is 96.5 Å². The minimum absolute atomic E-state index is 0.264. The Bertz CT molecular complexity index is 816. The first-order valence-corrected chi connectivity index (χ1v) is 6.39. The first kappa shape index (κ1) is 13.5. The number of hydrogen-bond acceptors (Lipinski definition) is 5. The Hall–Kier alpha value is -3.53. The fraction of sp³-hybridized carbons (Fsp3) is 0. The van der Waals surface area contributed by atoms with Crippen molar-refractivity contribution in [2.24, 2.45) is 0 Å². The second-order valence-electron chi connectivity index (χ2n) is 4.39. The van der Waals surface area contributed by atoms with Gasteiger partial charge in [-0.1, -0.05) is 0 Å². The monoisotopic (exact) mass is 290 g/mol. The molecule has 0 aliphatic rings. The molecule has 3 rings (SSSR count). The molecule has 0 atom stereocenters. The van der Waals surface area contributed by atoms with E-state index in [1.165, 1.54) is 17.3 Å². The van der Waals surface area contributed by atoms with Crippen molar-refractivity contribution in [3.05, 3.63) is 66.4 Å². The molecule has 1 aromatic carbocycles. The number of carbonyl (C=O) groups is 1. The lowest BCUT2D eigenvalue weighted by Crippen LogP contribution is -2.12. The normalized spacial score (nSPS) is 9.95. The van der Waals surface area contributed by atoms with Crippen LogP contribution in [0.2, 0.25) is 0 Å². The lowest BCUT2D eigenvalue weighted by Gasteiger charge is -2.06. The van der Waals surface area contributed by atoms with Gasteiger partial charge < -0.3 is 5.32 Å². The Morgan fingerprint density at radius 2 is 2.00 bits per heavy atom. The summed E-state index contributed by atoms with van der Waals surface area (Å²) in [5, 5.41) is 15.4. The van der Waals surface area contributed by atoms with E-state index in [2.05, 4.69) is 20.4 Å². The number of anilines is 1. The number of benzene rings is 1. The molecule has 22 heavy (non-hydrogen) atoms. The molecule has 0 aliphatic carbocycles. The van der Waals surface area contributed by atoms with Gasteiger partial charge in [-0.15, -0.1) is 0 Å². The van der Waals surface area contributed by atoms with Crippen LogP contribution in [0.3, 0.4) is 0 Å². The highest BCUT2D eigenvalue weighted by molar-refractivity contribution is 6.04. The molecule has 0 radical (unpaired) electrons. The molecule has 2 aromatic heterocycles. The maximum absolute atomic E-state index is 12.1. The SMILES string of the molecule is N#Cc1ccc(C(=O)Nc2ccc(-n3cncn3)nc2)cc1. The van der Waals surface area contributed by atoms with Crippen molar-refractivity contribution in [2.45, 2.75) is 0 Å². The van der Waals surface area contributed by atoms with Gasteiger partial charge >= 0.3 is 0 Å². The molecule has 3 aromatic rings. The molecule has 0 fully saturated rings. The summed E-state index contributed by atoms with van der Waals surface area (Å²) in [6.07, 6.45) is 4.50. The summed E-state index contributed by atoms with van der Waals surface area (Å²) in [7, 11) is 0. The predicted molar refractivity (Wildman–Crippen MR) is 78.3 cm³/mol. The molecular formula is C15H10N6O. The summed E-state index contributed by atoms with van der Waals surface area (Å²) >= 11 is 0. The Labute approximate surface area is 125 Å². The molecule has 0 saturated carbocycles. The molecule has 0 unspecified atom stereocenters. The highest BCUT2D eigenvalue weighted by Gasteiger charge is 2.07. The Morgan fingerprint density at radius 3 is 2.59 bits per heavy atom. The van der Waals surface area contributed by atoms with Crippen LogP contribution in [-0.2, 0) is 0 Å². The minimum atomic E-state index is -0.264. The largest absolute Gasteiger partial charge is 0.321 e. The summed E-state index contributed by atoms with van der Waals surface area (Å²) in [6, 6.07) is 11.9. The van der Waals surface area contributed by atoms with Crippen molar-refractivity contribution in [3.63, 3.8) is 0 Å². The third kappa shape index (κ3) is 2.81. The lowest BCUT2D eigenvalue weighted by atomic mass is 10.1. The molecule has 7 heteroatoms. The van der Waals surface area contributed by atoms with Crippen LogP contribution < -0.4 is 5.32 Å². The average Bonchev–Trinajstić information content (AvgIpc) is 3.10. The first-order chi connectivity index (χ1) is 10.8. The van der Waals surface area contributed by atoms with E-state index < -0.39 is 0 Å². The van der Waals surface area contributed by atoms with Crippen LogP contribution in [0.4, 0.5) is 5.69 Å². The van der Waals surface area contributed by atoms with Gasteiger partial charge in [0.1, 0.15) is 12.7 Å². The summed E-state index contributed by atoms with van der Waals surface area (Å²) in [6.45, 7) is 0. The predicted octanol–water partition coefficient (Wildman–Crippen LogP) is 1.79. The maximum Gasteiger partial charge on any atom is 0.255 e. The number of carbonyl (C=O) groups excluding carboxylic acids is 1. The van der Waals surface area contributed by atoms with Crippen LogP contribution in [0, 0.1) is 11.3 Å². The van der Waals surface area contributed by atoms with Gasteiger partial charge in [-0.25, -0.2) is 14.6 Å². The standard InChI is InChI=1S/C15H10N6O/c16-7-11-1-3-12(4-2-11)15(22)20-13-5-6-14(18-8-13)21-10-17-9-19-21/h1-6,8-10H,(H,20,22). The third-order valence-corrected chi connectivity index (χ3v) is 2.94. The van der Waals surface area contributed by atoms with Crippen molar-refractivity contribution >= 4 is 11.6 Å². The fourth-order valence-electron chi connectivity index (χ4n) is 1.82. The van der Waals surface area contributed by atoms with E-state index in [1.54, 1.807) is 42.6 Å². The number of nitrogens with zero attached hydrogens (tertiary/aromatic N) is 5. The van der Waals surface area contributed by atoms with Crippen molar-refractivity contribution in [2.75, 3.05) is 5.32 Å². The molecule has 106 valence electrons. The van der Waals surface area contributed by atoms with Crippen LogP contribution in [0.25, 0.3) is 5.82 Å². The number of amides is 1. The Kier molecular flexibility index (Phi) is 3.58. The molecule has 0 saturated heterocycles. The summed E-state index contributed by atoms with van der Waals surface area (Å²) in [4.78, 5) is 20.1. The summed E-state index contributed by atoms with van der Waals surface area (Å²) in [5.41, 5.74) is 1.55. The van der Waals surface area contributed by atoms with Gasteiger partial charge in [0.2, 0.25) is 0 Å². The van der Waals surface area contributed by atoms with Gasteiger partial charge in [0, 0.05) is 5.56 Å². The van der Waals surface area contributed by atoms with Gasteiger partial charge in [-0.05, 0) is 36.4 Å². The molecule has 7 nitrogen and oxygen atoms in total. The summed E-state index contributed by atoms with van der Waals surface area (Å²) < 4.78 is 1.52. The van der Waals surface area contributed by atoms with Crippen molar-refractivity contribution in [1.82, 2.24) is 19.7 Å². The molecule has 2 heterocycles. The average molecular weight is 290 g/mol. The van der Waals surface area contributed by atoms with E-state index in [0.29, 0.717) is 22.6 Å². The van der Waals surface area contributed by atoms with Crippen molar-refractivity contribution in [3.8, 4) is 11.9 Å². The Balaban J connectivity index is 1.72. The first-order valence-electron chi connectivity index (χ1n) is 6.39. The van der Waals surface area contributed by atoms with Crippen molar-refractivity contribution < 1.29 is 4.79 Å². The number of pyridine rings is 1. The van der Waals surface area contributed by atoms with Crippen LogP contribution >= 0.6 is 0 Å². The van der Waals surface area contributed by atoms with E-state index in [-0.39, 0.29) is 5.91 Å². The number of rotatable bonds is 3.